The van der Waals surface area contributed by atoms with Crippen LogP contribution in [0.4, 0.5) is 0 Å². The van der Waals surface area contributed by atoms with Crippen LogP contribution in [0.3, 0.4) is 0 Å². The average Bonchev–Trinajstić information content (AvgIpc) is 3.22. The molecule has 4 heterocycles. The third kappa shape index (κ3) is 2.14. The number of fused-ring (bicyclic) bond motifs is 4. The van der Waals surface area contributed by atoms with Gasteiger partial charge in [0.2, 0.25) is 5.91 Å². The highest BCUT2D eigenvalue weighted by Crippen LogP contribution is 2.38. The SMILES string of the molecule is O=C1CC(c2nc3c(s2)CCCC3)c2c(nc3sccn23)CN1. The first-order valence-electron chi connectivity index (χ1n) is 7.99. The largest absolute Gasteiger partial charge is 0.350 e. The molecule has 0 radical (unpaired) electrons. The van der Waals surface area contributed by atoms with Crippen molar-refractivity contribution in [2.24, 2.45) is 0 Å². The number of nitrogens with one attached hydrogen (secondary N) is 1. The molecule has 3 aromatic rings. The molecule has 0 fully saturated rings. The maximum absolute atomic E-state index is 12.2. The number of rotatable bonds is 1. The summed E-state index contributed by atoms with van der Waals surface area (Å²) in [5, 5.41) is 6.11. The van der Waals surface area contributed by atoms with Gasteiger partial charge < -0.3 is 5.32 Å². The minimum absolute atomic E-state index is 0.0210. The molecular formula is C16H16N4OS2. The summed E-state index contributed by atoms with van der Waals surface area (Å²) >= 11 is 3.44. The standard InChI is InChI=1S/C16H16N4OS2/c21-13-7-9(15-18-10-3-1-2-4-12(10)23-15)14-11(8-17-13)19-16-20(14)5-6-22-16/h5-6,9H,1-4,7-8H2,(H,17,21). The van der Waals surface area contributed by atoms with Gasteiger partial charge in [0.15, 0.2) is 4.96 Å². The minimum Gasteiger partial charge on any atom is -0.350 e. The van der Waals surface area contributed by atoms with E-state index in [2.05, 4.69) is 15.9 Å². The highest BCUT2D eigenvalue weighted by atomic mass is 32.1. The fraction of sp³-hybridized carbons (Fsp3) is 0.438. The van der Waals surface area contributed by atoms with Crippen LogP contribution in [0.2, 0.25) is 0 Å². The van der Waals surface area contributed by atoms with Crippen LogP contribution in [-0.4, -0.2) is 20.3 Å². The maximum atomic E-state index is 12.2. The van der Waals surface area contributed by atoms with E-state index in [9.17, 15) is 4.79 Å². The molecule has 1 aliphatic heterocycles. The van der Waals surface area contributed by atoms with E-state index in [0.29, 0.717) is 13.0 Å². The maximum Gasteiger partial charge on any atom is 0.221 e. The number of amides is 1. The summed E-state index contributed by atoms with van der Waals surface area (Å²) in [5.74, 6) is 0.109. The molecule has 23 heavy (non-hydrogen) atoms. The minimum atomic E-state index is 0.0210. The fourth-order valence-electron chi connectivity index (χ4n) is 3.61. The lowest BCUT2D eigenvalue weighted by Crippen LogP contribution is -2.21. The lowest BCUT2D eigenvalue weighted by atomic mass is 10.0. The van der Waals surface area contributed by atoms with Crippen molar-refractivity contribution in [3.63, 3.8) is 0 Å². The van der Waals surface area contributed by atoms with Crippen LogP contribution in [0, 0.1) is 0 Å². The molecule has 0 saturated heterocycles. The third-order valence-corrected chi connectivity index (χ3v) is 6.74. The quantitative estimate of drug-likeness (QED) is 0.738. The van der Waals surface area contributed by atoms with E-state index >= 15 is 0 Å². The van der Waals surface area contributed by atoms with Crippen LogP contribution in [0.25, 0.3) is 4.96 Å². The summed E-state index contributed by atoms with van der Waals surface area (Å²) in [6.07, 6.45) is 7.22. The van der Waals surface area contributed by atoms with Crippen molar-refractivity contribution in [1.29, 1.82) is 0 Å². The number of aryl methyl sites for hydroxylation is 2. The lowest BCUT2D eigenvalue weighted by Gasteiger charge is -2.11. The molecule has 1 N–H and O–H groups in total. The predicted octanol–water partition coefficient (Wildman–Crippen LogP) is 2.88. The van der Waals surface area contributed by atoms with Crippen molar-refractivity contribution in [2.75, 3.05) is 0 Å². The monoisotopic (exact) mass is 344 g/mol. The van der Waals surface area contributed by atoms with Crippen LogP contribution in [0.1, 0.15) is 52.1 Å². The van der Waals surface area contributed by atoms with Gasteiger partial charge in [-0.25, -0.2) is 9.97 Å². The van der Waals surface area contributed by atoms with Gasteiger partial charge in [0.05, 0.1) is 29.5 Å². The molecule has 1 aliphatic carbocycles. The molecule has 5 nitrogen and oxygen atoms in total. The van der Waals surface area contributed by atoms with Crippen molar-refractivity contribution in [3.05, 3.63) is 38.5 Å². The van der Waals surface area contributed by atoms with Gasteiger partial charge in [-0.3, -0.25) is 9.20 Å². The number of aromatic nitrogens is 3. The Kier molecular flexibility index (Phi) is 3.06. The smallest absolute Gasteiger partial charge is 0.221 e. The topological polar surface area (TPSA) is 59.3 Å². The first-order chi connectivity index (χ1) is 11.3. The number of hydrogen-bond donors (Lipinski definition) is 1. The Morgan fingerprint density at radius 3 is 3.04 bits per heavy atom. The van der Waals surface area contributed by atoms with Crippen LogP contribution >= 0.6 is 22.7 Å². The van der Waals surface area contributed by atoms with Gasteiger partial charge in [0.1, 0.15) is 5.01 Å². The zero-order valence-electron chi connectivity index (χ0n) is 12.5. The Balaban J connectivity index is 1.68. The molecule has 0 saturated carbocycles. The number of nitrogens with zero attached hydrogens (tertiary/aromatic N) is 3. The van der Waals surface area contributed by atoms with E-state index in [1.165, 1.54) is 23.4 Å². The van der Waals surface area contributed by atoms with Crippen LogP contribution in [0.15, 0.2) is 11.6 Å². The van der Waals surface area contributed by atoms with Gasteiger partial charge in [-0.1, -0.05) is 0 Å². The molecule has 1 atom stereocenters. The summed E-state index contributed by atoms with van der Waals surface area (Å²) in [5.41, 5.74) is 3.39. The van der Waals surface area contributed by atoms with Gasteiger partial charge in [-0.2, -0.15) is 0 Å². The molecule has 3 aromatic heterocycles. The second-order valence-corrected chi connectivity index (χ2v) is 8.15. The molecule has 5 rings (SSSR count). The zero-order chi connectivity index (χ0) is 15.4. The molecular weight excluding hydrogens is 328 g/mol. The van der Waals surface area contributed by atoms with E-state index in [-0.39, 0.29) is 11.8 Å². The van der Waals surface area contributed by atoms with E-state index in [0.717, 1.165) is 34.2 Å². The molecule has 2 aliphatic rings. The Morgan fingerprint density at radius 1 is 1.22 bits per heavy atom. The van der Waals surface area contributed by atoms with Gasteiger partial charge in [-0.15, -0.1) is 22.7 Å². The average molecular weight is 344 g/mol. The van der Waals surface area contributed by atoms with E-state index in [1.54, 1.807) is 22.7 Å². The molecule has 118 valence electrons. The summed E-state index contributed by atoms with van der Waals surface area (Å²) in [6.45, 7) is 0.518. The van der Waals surface area contributed by atoms with Crippen molar-refractivity contribution >= 4 is 33.5 Å². The van der Waals surface area contributed by atoms with E-state index in [1.807, 2.05) is 5.38 Å². The fourth-order valence-corrected chi connectivity index (χ4v) is 5.61. The third-order valence-electron chi connectivity index (χ3n) is 4.71. The van der Waals surface area contributed by atoms with Crippen molar-refractivity contribution in [2.45, 2.75) is 44.6 Å². The zero-order valence-corrected chi connectivity index (χ0v) is 14.2. The summed E-state index contributed by atoms with van der Waals surface area (Å²) in [6, 6.07) is 0. The number of carbonyl (C=O) groups excluding carboxylic acids is 1. The van der Waals surface area contributed by atoms with Crippen molar-refractivity contribution < 1.29 is 4.79 Å². The summed E-state index contributed by atoms with van der Waals surface area (Å²) in [4.78, 5) is 24.2. The summed E-state index contributed by atoms with van der Waals surface area (Å²) < 4.78 is 2.14. The van der Waals surface area contributed by atoms with E-state index < -0.39 is 0 Å². The normalized spacial score (nSPS) is 20.9. The molecule has 7 heteroatoms. The van der Waals surface area contributed by atoms with Gasteiger partial charge in [0.25, 0.3) is 0 Å². The number of thiazole rings is 2. The Labute approximate surface area is 141 Å². The summed E-state index contributed by atoms with van der Waals surface area (Å²) in [7, 11) is 0. The predicted molar refractivity (Wildman–Crippen MR) is 90.1 cm³/mol. The first kappa shape index (κ1) is 13.7. The number of carbonyl (C=O) groups is 1. The number of imidazole rings is 1. The van der Waals surface area contributed by atoms with Crippen LogP contribution in [-0.2, 0) is 24.2 Å². The Hall–Kier alpha value is -1.73. The van der Waals surface area contributed by atoms with Crippen LogP contribution < -0.4 is 5.32 Å². The van der Waals surface area contributed by atoms with Gasteiger partial charge in [0, 0.05) is 22.9 Å². The molecule has 1 amide bonds. The van der Waals surface area contributed by atoms with Gasteiger partial charge >= 0.3 is 0 Å². The highest BCUT2D eigenvalue weighted by Gasteiger charge is 2.32. The van der Waals surface area contributed by atoms with Crippen molar-refractivity contribution in [1.82, 2.24) is 19.7 Å². The second kappa shape index (κ2) is 5.14. The Bertz CT molecular complexity index is 883. The van der Waals surface area contributed by atoms with E-state index in [4.69, 9.17) is 9.97 Å². The number of hydrogen-bond acceptors (Lipinski definition) is 5. The molecule has 0 spiro atoms. The Morgan fingerprint density at radius 2 is 2.13 bits per heavy atom. The highest BCUT2D eigenvalue weighted by molar-refractivity contribution is 7.15. The molecule has 1 unspecified atom stereocenters. The molecule has 0 bridgehead atoms. The molecule has 0 aromatic carbocycles. The van der Waals surface area contributed by atoms with Gasteiger partial charge in [-0.05, 0) is 25.7 Å². The second-order valence-electron chi connectivity index (χ2n) is 6.16. The first-order valence-corrected chi connectivity index (χ1v) is 9.68. The van der Waals surface area contributed by atoms with Crippen molar-refractivity contribution in [3.8, 4) is 0 Å². The van der Waals surface area contributed by atoms with Crippen LogP contribution in [0.5, 0.6) is 0 Å². The lowest BCUT2D eigenvalue weighted by molar-refractivity contribution is -0.121.